The Balaban J connectivity index is 2.36. The number of halogens is 1. The maximum absolute atomic E-state index is 13.1. The Kier molecular flexibility index (Phi) is 3.36. The second kappa shape index (κ2) is 4.95. The fourth-order valence-electron chi connectivity index (χ4n) is 1.83. The lowest BCUT2D eigenvalue weighted by atomic mass is 10.1. The number of nitrogens with zero attached hydrogens (tertiary/aromatic N) is 2. The second-order valence-electron chi connectivity index (χ2n) is 3.93. The molecule has 1 aliphatic rings. The average molecular weight is 250 g/mol. The number of hydrogen-bond acceptors (Lipinski definition) is 3. The van der Waals surface area contributed by atoms with Crippen molar-refractivity contribution in [2.45, 2.75) is 6.42 Å². The molecule has 0 aromatic heterocycles. The summed E-state index contributed by atoms with van der Waals surface area (Å²) in [6.07, 6.45) is 4.45. The van der Waals surface area contributed by atoms with Gasteiger partial charge in [0.1, 0.15) is 11.4 Å². The molecule has 6 heteroatoms. The van der Waals surface area contributed by atoms with Crippen molar-refractivity contribution in [3.63, 3.8) is 0 Å². The van der Waals surface area contributed by atoms with Gasteiger partial charge in [-0.2, -0.15) is 0 Å². The summed E-state index contributed by atoms with van der Waals surface area (Å²) in [6, 6.07) is 2.91. The van der Waals surface area contributed by atoms with Crippen LogP contribution in [0.15, 0.2) is 30.4 Å². The van der Waals surface area contributed by atoms with E-state index in [0.29, 0.717) is 19.5 Å². The van der Waals surface area contributed by atoms with E-state index in [1.165, 1.54) is 4.90 Å². The van der Waals surface area contributed by atoms with E-state index in [2.05, 4.69) is 0 Å². The quantitative estimate of drug-likeness (QED) is 0.459. The lowest BCUT2D eigenvalue weighted by Gasteiger charge is -2.23. The molecule has 0 saturated heterocycles. The molecule has 0 saturated carbocycles. The zero-order chi connectivity index (χ0) is 13.1. The summed E-state index contributed by atoms with van der Waals surface area (Å²) in [4.78, 5) is 23.7. The van der Waals surface area contributed by atoms with Crippen molar-refractivity contribution < 1.29 is 14.1 Å². The summed E-state index contributed by atoms with van der Waals surface area (Å²) in [5.41, 5.74) is -0.564. The largest absolute Gasteiger partial charge is 0.334 e. The van der Waals surface area contributed by atoms with Crippen LogP contribution >= 0.6 is 0 Å². The third kappa shape index (κ3) is 2.37. The molecule has 1 aromatic rings. The van der Waals surface area contributed by atoms with Crippen LogP contribution in [0.25, 0.3) is 0 Å². The van der Waals surface area contributed by atoms with Gasteiger partial charge in [0.05, 0.1) is 4.92 Å². The lowest BCUT2D eigenvalue weighted by molar-refractivity contribution is -0.385. The van der Waals surface area contributed by atoms with Crippen LogP contribution in [0.5, 0.6) is 0 Å². The molecule has 1 aliphatic heterocycles. The molecule has 2 rings (SSSR count). The van der Waals surface area contributed by atoms with Gasteiger partial charge in [0.2, 0.25) is 0 Å². The zero-order valence-electron chi connectivity index (χ0n) is 9.51. The van der Waals surface area contributed by atoms with Crippen LogP contribution in [-0.4, -0.2) is 28.8 Å². The van der Waals surface area contributed by atoms with Crippen molar-refractivity contribution in [3.05, 3.63) is 51.8 Å². The Morgan fingerprint density at radius 1 is 1.39 bits per heavy atom. The molecule has 0 atom stereocenters. The number of carbonyl (C=O) groups is 1. The van der Waals surface area contributed by atoms with Crippen molar-refractivity contribution >= 4 is 11.6 Å². The molecule has 0 fully saturated rings. The summed E-state index contributed by atoms with van der Waals surface area (Å²) >= 11 is 0. The van der Waals surface area contributed by atoms with Crippen LogP contribution in [0.1, 0.15) is 16.8 Å². The van der Waals surface area contributed by atoms with Gasteiger partial charge in [-0.05, 0) is 18.6 Å². The molecule has 18 heavy (non-hydrogen) atoms. The first-order chi connectivity index (χ1) is 8.59. The Bertz CT molecular complexity index is 528. The predicted molar refractivity (Wildman–Crippen MR) is 62.7 cm³/mol. The number of benzene rings is 1. The topological polar surface area (TPSA) is 63.4 Å². The molecular formula is C12H11FN2O3. The fourth-order valence-corrected chi connectivity index (χ4v) is 1.83. The van der Waals surface area contributed by atoms with Gasteiger partial charge in [0.15, 0.2) is 0 Å². The van der Waals surface area contributed by atoms with Crippen molar-refractivity contribution in [3.8, 4) is 0 Å². The molecule has 0 spiro atoms. The van der Waals surface area contributed by atoms with Gasteiger partial charge in [-0.25, -0.2) is 4.39 Å². The summed E-state index contributed by atoms with van der Waals surface area (Å²) in [6.45, 7) is 0.884. The fraction of sp³-hybridized carbons (Fsp3) is 0.250. The van der Waals surface area contributed by atoms with Crippen molar-refractivity contribution in [1.29, 1.82) is 0 Å². The highest BCUT2D eigenvalue weighted by atomic mass is 19.1. The molecule has 0 N–H and O–H groups in total. The van der Waals surface area contributed by atoms with Gasteiger partial charge >= 0.3 is 0 Å². The van der Waals surface area contributed by atoms with E-state index in [0.717, 1.165) is 18.2 Å². The van der Waals surface area contributed by atoms with Crippen molar-refractivity contribution in [1.82, 2.24) is 4.90 Å². The van der Waals surface area contributed by atoms with Gasteiger partial charge in [0.25, 0.3) is 11.6 Å². The molecule has 1 heterocycles. The van der Waals surface area contributed by atoms with E-state index in [1.54, 1.807) is 0 Å². The lowest BCUT2D eigenvalue weighted by Crippen LogP contribution is -2.34. The number of carbonyl (C=O) groups excluding carboxylic acids is 1. The van der Waals surface area contributed by atoms with Crippen LogP contribution in [0, 0.1) is 15.9 Å². The molecule has 0 aliphatic carbocycles. The Morgan fingerprint density at radius 3 is 2.78 bits per heavy atom. The molecule has 94 valence electrons. The maximum Gasteiger partial charge on any atom is 0.282 e. The molecular weight excluding hydrogens is 239 g/mol. The van der Waals surface area contributed by atoms with Gasteiger partial charge in [-0.1, -0.05) is 12.2 Å². The maximum atomic E-state index is 13.1. The summed E-state index contributed by atoms with van der Waals surface area (Å²) in [7, 11) is 0. The third-order valence-electron chi connectivity index (χ3n) is 2.73. The highest BCUT2D eigenvalue weighted by molar-refractivity contribution is 5.98. The number of nitro benzene ring substituents is 1. The van der Waals surface area contributed by atoms with Gasteiger partial charge in [0, 0.05) is 19.2 Å². The van der Waals surface area contributed by atoms with Crippen LogP contribution < -0.4 is 0 Å². The zero-order valence-corrected chi connectivity index (χ0v) is 9.51. The first-order valence-corrected chi connectivity index (χ1v) is 5.48. The van der Waals surface area contributed by atoms with Gasteiger partial charge in [-0.3, -0.25) is 14.9 Å². The van der Waals surface area contributed by atoms with Crippen molar-refractivity contribution in [2.75, 3.05) is 13.1 Å². The van der Waals surface area contributed by atoms with E-state index in [4.69, 9.17) is 0 Å². The van der Waals surface area contributed by atoms with Crippen LogP contribution in [0.3, 0.4) is 0 Å². The highest BCUT2D eigenvalue weighted by Crippen LogP contribution is 2.22. The predicted octanol–water partition coefficient (Wildman–Crippen LogP) is 2.14. The minimum Gasteiger partial charge on any atom is -0.334 e. The van der Waals surface area contributed by atoms with E-state index in [1.807, 2.05) is 12.2 Å². The molecule has 0 radical (unpaired) electrons. The van der Waals surface area contributed by atoms with E-state index in [9.17, 15) is 19.3 Å². The first-order valence-electron chi connectivity index (χ1n) is 5.48. The number of amides is 1. The SMILES string of the molecule is O=C(c1cc(F)ccc1[N+](=O)[O-])N1CC=CCC1. The van der Waals surface area contributed by atoms with Crippen LogP contribution in [-0.2, 0) is 0 Å². The number of rotatable bonds is 2. The normalized spacial score (nSPS) is 14.6. The summed E-state index contributed by atoms with van der Waals surface area (Å²) in [5, 5.41) is 10.8. The standard InChI is InChI=1S/C12H11FN2O3/c13-9-4-5-11(15(17)18)10(8-9)12(16)14-6-2-1-3-7-14/h1-2,4-5,8H,3,6-7H2. The van der Waals surface area contributed by atoms with Gasteiger partial charge in [-0.15, -0.1) is 0 Å². The third-order valence-corrected chi connectivity index (χ3v) is 2.73. The van der Waals surface area contributed by atoms with E-state index in [-0.39, 0.29) is 11.3 Å². The van der Waals surface area contributed by atoms with Crippen molar-refractivity contribution in [2.24, 2.45) is 0 Å². The molecule has 1 aromatic carbocycles. The molecule has 1 amide bonds. The smallest absolute Gasteiger partial charge is 0.282 e. The summed E-state index contributed by atoms with van der Waals surface area (Å²) in [5.74, 6) is -1.16. The molecule has 0 unspecified atom stereocenters. The van der Waals surface area contributed by atoms with E-state index >= 15 is 0 Å². The Hall–Kier alpha value is -2.24. The molecule has 0 bridgehead atoms. The summed E-state index contributed by atoms with van der Waals surface area (Å²) < 4.78 is 13.1. The van der Waals surface area contributed by atoms with Crippen LogP contribution in [0.2, 0.25) is 0 Å². The minimum atomic E-state index is -0.674. The number of hydrogen-bond donors (Lipinski definition) is 0. The second-order valence-corrected chi connectivity index (χ2v) is 3.93. The minimum absolute atomic E-state index is 0.199. The Morgan fingerprint density at radius 2 is 2.17 bits per heavy atom. The molecule has 5 nitrogen and oxygen atoms in total. The van der Waals surface area contributed by atoms with E-state index < -0.39 is 16.6 Å². The first kappa shape index (κ1) is 12.2. The monoisotopic (exact) mass is 250 g/mol. The number of nitro groups is 1. The van der Waals surface area contributed by atoms with Crippen LogP contribution in [0.4, 0.5) is 10.1 Å². The van der Waals surface area contributed by atoms with Gasteiger partial charge < -0.3 is 4.90 Å². The highest BCUT2D eigenvalue weighted by Gasteiger charge is 2.25. The Labute approximate surface area is 103 Å². The average Bonchev–Trinajstić information content (AvgIpc) is 2.38.